The van der Waals surface area contributed by atoms with E-state index in [-0.39, 0.29) is 17.5 Å². The number of fused-ring (bicyclic) bond motifs is 7. The van der Waals surface area contributed by atoms with Gasteiger partial charge in [0.15, 0.2) is 11.6 Å². The number of benzene rings is 4. The van der Waals surface area contributed by atoms with Gasteiger partial charge < -0.3 is 10.2 Å². The second-order valence-corrected chi connectivity index (χ2v) is 11.1. The SMILES string of the molecule is O=C(c1cccc2ccccc12)[C@@H]1[C@@H](C(=O)c2cccnc2)[C@@]2(C(=O)Nc3ccccc32)[C@H]2c3ccccc3C=CN12. The first-order valence-electron chi connectivity index (χ1n) is 14.0. The van der Waals surface area contributed by atoms with E-state index >= 15 is 0 Å². The predicted molar refractivity (Wildman–Crippen MR) is 161 cm³/mol. The Morgan fingerprint density at radius 3 is 2.48 bits per heavy atom. The third-order valence-electron chi connectivity index (χ3n) is 9.12. The van der Waals surface area contributed by atoms with Gasteiger partial charge in [0.2, 0.25) is 5.91 Å². The summed E-state index contributed by atoms with van der Waals surface area (Å²) in [6, 6.07) is 30.8. The molecule has 0 saturated carbocycles. The first-order chi connectivity index (χ1) is 20.6. The van der Waals surface area contributed by atoms with Crippen molar-refractivity contribution in [3.05, 3.63) is 150 Å². The van der Waals surface area contributed by atoms with Crippen molar-refractivity contribution in [2.24, 2.45) is 5.92 Å². The summed E-state index contributed by atoms with van der Waals surface area (Å²) in [4.78, 5) is 50.5. The Kier molecular flexibility index (Phi) is 5.28. The smallest absolute Gasteiger partial charge is 0.238 e. The molecule has 1 N–H and O–H groups in total. The van der Waals surface area contributed by atoms with Gasteiger partial charge in [-0.1, -0.05) is 84.9 Å². The quantitative estimate of drug-likeness (QED) is 0.271. The van der Waals surface area contributed by atoms with Crippen molar-refractivity contribution < 1.29 is 14.4 Å². The Bertz CT molecular complexity index is 1960. The number of carbonyl (C=O) groups excluding carboxylic acids is 3. The number of pyridine rings is 1. The van der Waals surface area contributed by atoms with Gasteiger partial charge in [-0.3, -0.25) is 19.4 Å². The molecule has 6 nitrogen and oxygen atoms in total. The molecule has 0 aliphatic carbocycles. The van der Waals surface area contributed by atoms with Gasteiger partial charge in [0, 0.05) is 35.4 Å². The first kappa shape index (κ1) is 24.4. The Hall–Kier alpha value is -5.36. The fraction of sp³-hybridized carbons (Fsp3) is 0.111. The monoisotopic (exact) mass is 547 g/mol. The van der Waals surface area contributed by atoms with Crippen molar-refractivity contribution in [1.29, 1.82) is 0 Å². The molecule has 4 aromatic carbocycles. The number of hydrogen-bond donors (Lipinski definition) is 1. The molecule has 1 saturated heterocycles. The van der Waals surface area contributed by atoms with Crippen molar-refractivity contribution in [3.8, 4) is 0 Å². The minimum Gasteiger partial charge on any atom is -0.358 e. The highest BCUT2D eigenvalue weighted by molar-refractivity contribution is 6.18. The summed E-state index contributed by atoms with van der Waals surface area (Å²) in [5.41, 5.74) is 2.78. The second-order valence-electron chi connectivity index (χ2n) is 11.1. The van der Waals surface area contributed by atoms with E-state index in [4.69, 9.17) is 0 Å². The fourth-order valence-corrected chi connectivity index (χ4v) is 7.46. The molecule has 1 fully saturated rings. The number of carbonyl (C=O) groups is 3. The molecule has 3 aliphatic heterocycles. The maximum atomic E-state index is 15.0. The van der Waals surface area contributed by atoms with Crippen LogP contribution in [0.25, 0.3) is 16.8 Å². The minimum absolute atomic E-state index is 0.197. The van der Waals surface area contributed by atoms with Gasteiger partial charge in [0.25, 0.3) is 0 Å². The van der Waals surface area contributed by atoms with Gasteiger partial charge in [-0.25, -0.2) is 0 Å². The number of anilines is 1. The van der Waals surface area contributed by atoms with Crippen LogP contribution in [-0.2, 0) is 10.2 Å². The van der Waals surface area contributed by atoms with Crippen LogP contribution >= 0.6 is 0 Å². The highest BCUT2D eigenvalue weighted by Gasteiger charge is 2.70. The first-order valence-corrected chi connectivity index (χ1v) is 14.0. The van der Waals surface area contributed by atoms with Crippen molar-refractivity contribution in [2.75, 3.05) is 5.32 Å². The van der Waals surface area contributed by atoms with Crippen LogP contribution < -0.4 is 5.32 Å². The van der Waals surface area contributed by atoms with Crippen LogP contribution in [0.2, 0.25) is 0 Å². The van der Waals surface area contributed by atoms with Crippen molar-refractivity contribution >= 4 is 40.0 Å². The number of rotatable bonds is 4. The topological polar surface area (TPSA) is 79.4 Å². The predicted octanol–water partition coefficient (Wildman–Crippen LogP) is 6.22. The van der Waals surface area contributed by atoms with Gasteiger partial charge in [0.1, 0.15) is 11.5 Å². The molecule has 8 rings (SSSR count). The van der Waals surface area contributed by atoms with Crippen LogP contribution in [0.1, 0.15) is 43.4 Å². The Morgan fingerprint density at radius 2 is 1.60 bits per heavy atom. The van der Waals surface area contributed by atoms with Crippen LogP contribution in [0.3, 0.4) is 0 Å². The number of nitrogens with zero attached hydrogens (tertiary/aromatic N) is 2. The number of ketones is 2. The Morgan fingerprint density at radius 1 is 0.810 bits per heavy atom. The fourth-order valence-electron chi connectivity index (χ4n) is 7.46. The summed E-state index contributed by atoms with van der Waals surface area (Å²) in [6.07, 6.45) is 7.00. The molecule has 0 radical (unpaired) electrons. The Labute approximate surface area is 242 Å². The average molecular weight is 548 g/mol. The summed E-state index contributed by atoms with van der Waals surface area (Å²) in [5.74, 6) is -1.79. The van der Waals surface area contributed by atoms with E-state index in [1.807, 2.05) is 108 Å². The molecule has 0 unspecified atom stereocenters. The maximum absolute atomic E-state index is 15.0. The number of para-hydroxylation sites is 1. The summed E-state index contributed by atoms with van der Waals surface area (Å²) in [5, 5.41) is 4.84. The largest absolute Gasteiger partial charge is 0.358 e. The number of nitrogens with one attached hydrogen (secondary N) is 1. The van der Waals surface area contributed by atoms with Crippen LogP contribution in [-0.4, -0.2) is 33.4 Å². The minimum atomic E-state index is -1.37. The van der Waals surface area contributed by atoms with E-state index in [9.17, 15) is 14.4 Å². The second kappa shape index (κ2) is 9.08. The van der Waals surface area contributed by atoms with Crippen molar-refractivity contribution in [2.45, 2.75) is 17.5 Å². The molecule has 42 heavy (non-hydrogen) atoms. The highest BCUT2D eigenvalue weighted by atomic mass is 16.2. The zero-order valence-corrected chi connectivity index (χ0v) is 22.5. The summed E-state index contributed by atoms with van der Waals surface area (Å²) in [6.45, 7) is 0. The lowest BCUT2D eigenvalue weighted by molar-refractivity contribution is -0.122. The molecule has 1 aromatic heterocycles. The Balaban J connectivity index is 1.45. The number of Topliss-reactive ketones (excluding diaryl/α,β-unsaturated/α-hetero) is 2. The van der Waals surface area contributed by atoms with Crippen molar-refractivity contribution in [3.63, 3.8) is 0 Å². The summed E-state index contributed by atoms with van der Waals surface area (Å²) >= 11 is 0. The molecular weight excluding hydrogens is 522 g/mol. The van der Waals surface area contributed by atoms with E-state index in [1.54, 1.807) is 18.3 Å². The number of amides is 1. The van der Waals surface area contributed by atoms with Crippen LogP contribution in [0.4, 0.5) is 5.69 Å². The van der Waals surface area contributed by atoms with Gasteiger partial charge in [-0.05, 0) is 51.7 Å². The van der Waals surface area contributed by atoms with Gasteiger partial charge >= 0.3 is 0 Å². The third-order valence-corrected chi connectivity index (χ3v) is 9.12. The van der Waals surface area contributed by atoms with Crippen molar-refractivity contribution in [1.82, 2.24) is 9.88 Å². The lowest BCUT2D eigenvalue weighted by atomic mass is 9.62. The molecule has 1 spiro atoms. The van der Waals surface area contributed by atoms with Gasteiger partial charge in [-0.2, -0.15) is 0 Å². The zero-order chi connectivity index (χ0) is 28.4. The molecule has 4 atom stereocenters. The summed E-state index contributed by atoms with van der Waals surface area (Å²) < 4.78 is 0. The zero-order valence-electron chi connectivity index (χ0n) is 22.5. The molecule has 202 valence electrons. The van der Waals surface area contributed by atoms with Gasteiger partial charge in [0.05, 0.1) is 12.0 Å². The van der Waals surface area contributed by atoms with E-state index in [2.05, 4.69) is 10.3 Å². The number of aromatic nitrogens is 1. The normalized spacial score (nSPS) is 23.4. The number of hydrogen-bond acceptors (Lipinski definition) is 5. The lowest BCUT2D eigenvalue weighted by Gasteiger charge is -2.38. The molecule has 4 heterocycles. The van der Waals surface area contributed by atoms with E-state index in [1.165, 1.54) is 6.20 Å². The average Bonchev–Trinajstić information content (AvgIpc) is 3.52. The third kappa shape index (κ3) is 3.20. The molecule has 6 heteroatoms. The van der Waals surface area contributed by atoms with E-state index in [0.29, 0.717) is 16.8 Å². The van der Waals surface area contributed by atoms with E-state index in [0.717, 1.165) is 27.5 Å². The standard InChI is InChI=1S/C36H25N3O3/c40-32(24-12-8-19-37-21-24)30-31(33(41)27-15-7-11-22-9-1-3-13-25(22)27)39-20-18-23-10-2-4-14-26(23)34(39)36(30)28-16-5-6-17-29(28)38-35(36)42/h1-21,30-31,34H,(H,38,42)/t30-,31-,34+,36+/m0/s1. The summed E-state index contributed by atoms with van der Waals surface area (Å²) in [7, 11) is 0. The molecule has 1 amide bonds. The van der Waals surface area contributed by atoms with Gasteiger partial charge in [-0.15, -0.1) is 0 Å². The lowest BCUT2D eigenvalue weighted by Crippen LogP contribution is -2.49. The van der Waals surface area contributed by atoms with Crippen LogP contribution in [0, 0.1) is 5.92 Å². The molecular formula is C36H25N3O3. The van der Waals surface area contributed by atoms with E-state index < -0.39 is 23.4 Å². The molecule has 3 aliphatic rings. The van der Waals surface area contributed by atoms with Crippen LogP contribution in [0.15, 0.2) is 122 Å². The molecule has 5 aromatic rings. The molecule has 0 bridgehead atoms. The highest BCUT2D eigenvalue weighted by Crippen LogP contribution is 2.62. The maximum Gasteiger partial charge on any atom is 0.238 e. The van der Waals surface area contributed by atoms with Crippen LogP contribution in [0.5, 0.6) is 0 Å².